The first-order chi connectivity index (χ1) is 12.2. The summed E-state index contributed by atoms with van der Waals surface area (Å²) in [6.07, 6.45) is 3.46. The fourth-order valence-corrected chi connectivity index (χ4v) is 3.68. The monoisotopic (exact) mass is 364 g/mol. The largest absolute Gasteiger partial charge is 0.247 e. The lowest BCUT2D eigenvalue weighted by atomic mass is 10.0. The number of nitrogens with zero attached hydrogens (tertiary/aromatic N) is 4. The first kappa shape index (κ1) is 14.6. The van der Waals surface area contributed by atoms with Gasteiger partial charge in [0.2, 0.25) is 0 Å². The van der Waals surface area contributed by atoms with Crippen molar-refractivity contribution in [2.75, 3.05) is 0 Å². The Morgan fingerprint density at radius 3 is 2.64 bits per heavy atom. The molecule has 0 N–H and O–H groups in total. The minimum atomic E-state index is 0.559. The smallest absolute Gasteiger partial charge is 0.137 e. The summed E-state index contributed by atoms with van der Waals surface area (Å²) in [6, 6.07) is 15.4. The van der Waals surface area contributed by atoms with E-state index in [0.717, 1.165) is 39.3 Å². The van der Waals surface area contributed by atoms with Gasteiger partial charge in [0.25, 0.3) is 0 Å². The maximum atomic E-state index is 6.47. The number of hydrogen-bond donors (Lipinski definition) is 0. The average molecular weight is 365 g/mol. The number of para-hydroxylation sites is 1. The second-order valence-corrected chi connectivity index (χ2v) is 6.58. The van der Waals surface area contributed by atoms with Gasteiger partial charge in [-0.3, -0.25) is 0 Å². The van der Waals surface area contributed by atoms with Crippen LogP contribution in [0.5, 0.6) is 0 Å². The van der Waals surface area contributed by atoms with Gasteiger partial charge in [-0.1, -0.05) is 41.4 Å². The maximum Gasteiger partial charge on any atom is 0.137 e. The molecule has 1 aliphatic rings. The number of hydrogen-bond acceptors (Lipinski definition) is 3. The molecule has 25 heavy (non-hydrogen) atoms. The molecule has 0 saturated heterocycles. The molecule has 1 aliphatic heterocycles. The van der Waals surface area contributed by atoms with Crippen molar-refractivity contribution in [2.45, 2.75) is 0 Å². The zero-order valence-electron chi connectivity index (χ0n) is 12.8. The number of benzene rings is 2. The highest BCUT2D eigenvalue weighted by Crippen LogP contribution is 2.38. The number of aromatic nitrogens is 3. The van der Waals surface area contributed by atoms with E-state index in [9.17, 15) is 0 Å². The molecule has 120 valence electrons. The Labute approximate surface area is 153 Å². The average Bonchev–Trinajstić information content (AvgIpc) is 2.98. The Kier molecular flexibility index (Phi) is 3.17. The van der Waals surface area contributed by atoms with E-state index in [2.05, 4.69) is 10.1 Å². The molecule has 0 aliphatic carbocycles. The number of fused-ring (bicyclic) bond motifs is 2. The minimum absolute atomic E-state index is 0.559. The lowest BCUT2D eigenvalue weighted by molar-refractivity contribution is 0.906. The predicted octanol–water partition coefficient (Wildman–Crippen LogP) is 5.19. The van der Waals surface area contributed by atoms with Crippen LogP contribution in [0.15, 0.2) is 66.0 Å². The van der Waals surface area contributed by atoms with Gasteiger partial charge in [0.05, 0.1) is 16.4 Å². The van der Waals surface area contributed by atoms with Crippen LogP contribution < -0.4 is 0 Å². The van der Waals surface area contributed by atoms with E-state index in [1.54, 1.807) is 12.4 Å². The first-order valence-corrected chi connectivity index (χ1v) is 8.44. The van der Waals surface area contributed by atoms with Gasteiger partial charge in [-0.25, -0.2) is 14.5 Å². The second-order valence-electron chi connectivity index (χ2n) is 5.73. The molecular weight excluding hydrogens is 355 g/mol. The van der Waals surface area contributed by atoms with Crippen molar-refractivity contribution >= 4 is 40.1 Å². The quantitative estimate of drug-likeness (QED) is 0.411. The molecule has 0 fully saturated rings. The van der Waals surface area contributed by atoms with Gasteiger partial charge in [-0.2, -0.15) is 5.10 Å². The molecule has 0 bridgehead atoms. The molecule has 0 radical (unpaired) electrons. The normalized spacial score (nSPS) is 12.6. The van der Waals surface area contributed by atoms with Crippen LogP contribution in [0.2, 0.25) is 10.0 Å². The molecule has 0 spiro atoms. The van der Waals surface area contributed by atoms with E-state index >= 15 is 0 Å². The fourth-order valence-electron chi connectivity index (χ4n) is 3.18. The van der Waals surface area contributed by atoms with Crippen LogP contribution in [0, 0.1) is 0 Å². The molecular formula is C19H10Cl2N4. The molecule has 2 aromatic carbocycles. The van der Waals surface area contributed by atoms with Crippen LogP contribution in [0.3, 0.4) is 0 Å². The van der Waals surface area contributed by atoms with E-state index in [-0.39, 0.29) is 0 Å². The van der Waals surface area contributed by atoms with Crippen LogP contribution >= 0.6 is 23.2 Å². The number of halogens is 2. The van der Waals surface area contributed by atoms with Crippen molar-refractivity contribution in [1.82, 2.24) is 14.6 Å². The van der Waals surface area contributed by atoms with Crippen molar-refractivity contribution < 1.29 is 0 Å². The van der Waals surface area contributed by atoms with E-state index in [1.165, 1.54) is 0 Å². The number of rotatable bonds is 1. The summed E-state index contributed by atoms with van der Waals surface area (Å²) >= 11 is 12.5. The molecule has 0 amide bonds. The third kappa shape index (κ3) is 2.18. The first-order valence-electron chi connectivity index (χ1n) is 7.68. The maximum absolute atomic E-state index is 6.47. The summed E-state index contributed by atoms with van der Waals surface area (Å²) < 4.78 is 1.82. The van der Waals surface area contributed by atoms with Crippen molar-refractivity contribution in [3.05, 3.63) is 82.2 Å². The van der Waals surface area contributed by atoms with Gasteiger partial charge in [0, 0.05) is 27.9 Å². The number of aliphatic imine (C=N–C) groups is 1. The van der Waals surface area contributed by atoms with Gasteiger partial charge >= 0.3 is 0 Å². The minimum Gasteiger partial charge on any atom is -0.247 e. The molecule has 0 saturated carbocycles. The summed E-state index contributed by atoms with van der Waals surface area (Å²) in [7, 11) is 0. The highest BCUT2D eigenvalue weighted by molar-refractivity contribution is 6.38. The van der Waals surface area contributed by atoms with Crippen LogP contribution in [0.1, 0.15) is 11.1 Å². The van der Waals surface area contributed by atoms with Crippen molar-refractivity contribution in [3.8, 4) is 11.3 Å². The highest BCUT2D eigenvalue weighted by atomic mass is 35.5. The van der Waals surface area contributed by atoms with Gasteiger partial charge in [-0.15, -0.1) is 0 Å². The molecule has 0 unspecified atom stereocenters. The summed E-state index contributed by atoms with van der Waals surface area (Å²) in [5, 5.41) is 5.47. The molecule has 0 atom stereocenters. The molecule has 4 aromatic rings. The molecule has 6 heteroatoms. The Balaban J connectivity index is 1.92. The zero-order valence-corrected chi connectivity index (χ0v) is 14.3. The molecule has 4 nitrogen and oxygen atoms in total. The molecule has 2 aromatic heterocycles. The molecule has 5 rings (SSSR count). The van der Waals surface area contributed by atoms with Crippen LogP contribution in [-0.4, -0.2) is 20.3 Å². The van der Waals surface area contributed by atoms with Crippen LogP contribution in [0.4, 0.5) is 5.69 Å². The summed E-state index contributed by atoms with van der Waals surface area (Å²) in [5.41, 5.74) is 6.13. The standard InChI is InChI=1S/C19H10Cl2N4/c20-11-5-6-12(15(21)9-11)17-14-7-8-25-19(14)18(22-10-23-25)13-3-1-2-4-16(13)24-17/h1-10H. The molecule has 3 heterocycles. The van der Waals surface area contributed by atoms with Crippen LogP contribution in [0.25, 0.3) is 16.8 Å². The Morgan fingerprint density at radius 2 is 1.76 bits per heavy atom. The third-order valence-electron chi connectivity index (χ3n) is 4.29. The summed E-state index contributed by atoms with van der Waals surface area (Å²) in [6.45, 7) is 0. The van der Waals surface area contributed by atoms with E-state index in [1.807, 2.05) is 53.2 Å². The third-order valence-corrected chi connectivity index (χ3v) is 4.83. The summed E-state index contributed by atoms with van der Waals surface area (Å²) in [5.74, 6) is 0. The Hall–Kier alpha value is -2.69. The summed E-state index contributed by atoms with van der Waals surface area (Å²) in [4.78, 5) is 9.44. The van der Waals surface area contributed by atoms with E-state index in [0.29, 0.717) is 10.0 Å². The predicted molar refractivity (Wildman–Crippen MR) is 100 cm³/mol. The van der Waals surface area contributed by atoms with Gasteiger partial charge in [0.15, 0.2) is 0 Å². The van der Waals surface area contributed by atoms with E-state index < -0.39 is 0 Å². The van der Waals surface area contributed by atoms with E-state index in [4.69, 9.17) is 28.2 Å². The Morgan fingerprint density at radius 1 is 0.880 bits per heavy atom. The van der Waals surface area contributed by atoms with Crippen LogP contribution in [-0.2, 0) is 0 Å². The van der Waals surface area contributed by atoms with Crippen molar-refractivity contribution in [1.29, 1.82) is 0 Å². The lowest BCUT2D eigenvalue weighted by Crippen LogP contribution is -2.04. The van der Waals surface area contributed by atoms with Gasteiger partial charge < -0.3 is 0 Å². The second kappa shape index (κ2) is 5.41. The highest BCUT2D eigenvalue weighted by Gasteiger charge is 2.23. The topological polar surface area (TPSA) is 42.5 Å². The SMILES string of the molecule is Clc1ccc(C2=Nc3ccccc3-c3ncnn4ccc2c34)c(Cl)c1. The zero-order chi connectivity index (χ0) is 17.0. The van der Waals surface area contributed by atoms with Gasteiger partial charge in [-0.05, 0) is 30.3 Å². The Bertz CT molecular complexity index is 1180. The fraction of sp³-hybridized carbons (Fsp3) is 0. The van der Waals surface area contributed by atoms with Crippen molar-refractivity contribution in [2.24, 2.45) is 4.99 Å². The lowest BCUT2D eigenvalue weighted by Gasteiger charge is -2.08. The van der Waals surface area contributed by atoms with Crippen molar-refractivity contribution in [3.63, 3.8) is 0 Å². The van der Waals surface area contributed by atoms with Gasteiger partial charge in [0.1, 0.15) is 17.5 Å².